The Balaban J connectivity index is 1.64. The van der Waals surface area contributed by atoms with Crippen LogP contribution in [0.15, 0.2) is 28.5 Å². The fourth-order valence-corrected chi connectivity index (χ4v) is 2.58. The number of nitrogens with one attached hydrogen (secondary N) is 1. The van der Waals surface area contributed by atoms with Gasteiger partial charge in [-0.2, -0.15) is 0 Å². The molecule has 0 saturated heterocycles. The van der Waals surface area contributed by atoms with Crippen LogP contribution in [-0.2, 0) is 6.54 Å². The average molecular weight is 290 g/mol. The van der Waals surface area contributed by atoms with E-state index in [1.807, 2.05) is 16.9 Å². The van der Waals surface area contributed by atoms with Gasteiger partial charge in [-0.25, -0.2) is 9.67 Å². The van der Waals surface area contributed by atoms with Gasteiger partial charge in [-0.15, -0.1) is 5.10 Å². The summed E-state index contributed by atoms with van der Waals surface area (Å²) in [5.74, 6) is 0. The summed E-state index contributed by atoms with van der Waals surface area (Å²) in [5, 5.41) is 17.0. The molecule has 1 aliphatic rings. The molecule has 2 heterocycles. The largest absolute Gasteiger partial charge is 0.310 e. The van der Waals surface area contributed by atoms with E-state index in [4.69, 9.17) is 0 Å². The number of hydrogen-bond acceptors (Lipinski definition) is 6. The molecule has 2 aromatic heterocycles. The van der Waals surface area contributed by atoms with E-state index < -0.39 is 0 Å². The van der Waals surface area contributed by atoms with Crippen molar-refractivity contribution in [1.82, 2.24) is 30.5 Å². The van der Waals surface area contributed by atoms with Gasteiger partial charge in [-0.1, -0.05) is 19.9 Å². The van der Waals surface area contributed by atoms with E-state index in [1.54, 1.807) is 0 Å². The lowest BCUT2D eigenvalue weighted by Gasteiger charge is -2.08. The van der Waals surface area contributed by atoms with Crippen molar-refractivity contribution in [3.05, 3.63) is 23.9 Å². The van der Waals surface area contributed by atoms with Crippen LogP contribution in [0.1, 0.15) is 38.3 Å². The van der Waals surface area contributed by atoms with Gasteiger partial charge in [0.15, 0.2) is 0 Å². The normalized spacial score (nSPS) is 14.9. The van der Waals surface area contributed by atoms with E-state index in [0.29, 0.717) is 12.1 Å². The quantitative estimate of drug-likeness (QED) is 0.878. The van der Waals surface area contributed by atoms with Gasteiger partial charge >= 0.3 is 0 Å². The Morgan fingerprint density at radius 1 is 1.40 bits per heavy atom. The molecule has 1 N–H and O–H groups in total. The van der Waals surface area contributed by atoms with Gasteiger partial charge in [0.2, 0.25) is 5.16 Å². The highest BCUT2D eigenvalue weighted by molar-refractivity contribution is 7.99. The molecule has 1 aliphatic carbocycles. The molecule has 0 atom stereocenters. The van der Waals surface area contributed by atoms with Crippen molar-refractivity contribution in [3.8, 4) is 0 Å². The Bertz CT molecular complexity index is 560. The van der Waals surface area contributed by atoms with Gasteiger partial charge in [0.25, 0.3) is 0 Å². The molecule has 0 amide bonds. The molecule has 6 nitrogen and oxygen atoms in total. The van der Waals surface area contributed by atoms with Gasteiger partial charge in [0, 0.05) is 18.8 Å². The zero-order valence-corrected chi connectivity index (χ0v) is 12.5. The first-order valence-corrected chi connectivity index (χ1v) is 7.68. The number of pyridine rings is 1. The van der Waals surface area contributed by atoms with Crippen LogP contribution in [0.2, 0.25) is 0 Å². The fourth-order valence-electron chi connectivity index (χ4n) is 1.79. The second-order valence-corrected chi connectivity index (χ2v) is 6.27. The van der Waals surface area contributed by atoms with Crippen LogP contribution in [0.5, 0.6) is 0 Å². The maximum absolute atomic E-state index is 4.47. The number of rotatable bonds is 6. The van der Waals surface area contributed by atoms with Crippen LogP contribution in [-0.4, -0.2) is 31.2 Å². The van der Waals surface area contributed by atoms with E-state index in [-0.39, 0.29) is 0 Å². The molecule has 0 radical (unpaired) electrons. The highest BCUT2D eigenvalue weighted by atomic mass is 32.2. The molecular formula is C13H18N6S. The second-order valence-electron chi connectivity index (χ2n) is 5.28. The zero-order chi connectivity index (χ0) is 13.9. The standard InChI is InChI=1S/C13H18N6S/c1-9(2)14-7-10-3-6-12(15-8-10)20-13-16-17-18-19(13)11-4-5-11/h3,6,8-9,11,14H,4-5,7H2,1-2H3. The van der Waals surface area contributed by atoms with Gasteiger partial charge in [0.1, 0.15) is 5.03 Å². The SMILES string of the molecule is CC(C)NCc1ccc(Sc2nnnn2C2CC2)nc1. The molecule has 20 heavy (non-hydrogen) atoms. The first-order valence-electron chi connectivity index (χ1n) is 6.86. The van der Waals surface area contributed by atoms with E-state index >= 15 is 0 Å². The third-order valence-electron chi connectivity index (χ3n) is 3.06. The third-order valence-corrected chi connectivity index (χ3v) is 3.97. The van der Waals surface area contributed by atoms with Crippen LogP contribution in [0, 0.1) is 0 Å². The summed E-state index contributed by atoms with van der Waals surface area (Å²) in [6.45, 7) is 5.11. The van der Waals surface area contributed by atoms with Crippen LogP contribution in [0.3, 0.4) is 0 Å². The smallest absolute Gasteiger partial charge is 0.215 e. The predicted octanol–water partition coefficient (Wildman–Crippen LogP) is 2.05. The molecule has 2 aromatic rings. The second kappa shape index (κ2) is 5.88. The average Bonchev–Trinajstić information content (AvgIpc) is 3.18. The van der Waals surface area contributed by atoms with Crippen molar-refractivity contribution in [2.24, 2.45) is 0 Å². The van der Waals surface area contributed by atoms with Crippen molar-refractivity contribution in [1.29, 1.82) is 0 Å². The lowest BCUT2D eigenvalue weighted by molar-refractivity contribution is 0.565. The molecule has 1 saturated carbocycles. The van der Waals surface area contributed by atoms with E-state index in [2.05, 4.69) is 45.7 Å². The van der Waals surface area contributed by atoms with Crippen LogP contribution < -0.4 is 5.32 Å². The summed E-state index contributed by atoms with van der Waals surface area (Å²) < 4.78 is 1.90. The summed E-state index contributed by atoms with van der Waals surface area (Å²) in [4.78, 5) is 4.47. The Labute approximate surface area is 122 Å². The molecule has 0 unspecified atom stereocenters. The monoisotopic (exact) mass is 290 g/mol. The Morgan fingerprint density at radius 2 is 2.25 bits per heavy atom. The number of tetrazole rings is 1. The Morgan fingerprint density at radius 3 is 2.90 bits per heavy atom. The summed E-state index contributed by atoms with van der Waals surface area (Å²) >= 11 is 1.52. The van der Waals surface area contributed by atoms with E-state index in [9.17, 15) is 0 Å². The Hall–Kier alpha value is -1.47. The maximum atomic E-state index is 4.47. The summed E-state index contributed by atoms with van der Waals surface area (Å²) in [6, 6.07) is 5.08. The molecular weight excluding hydrogens is 272 g/mol. The lowest BCUT2D eigenvalue weighted by Crippen LogP contribution is -2.21. The molecule has 0 aliphatic heterocycles. The predicted molar refractivity (Wildman–Crippen MR) is 76.4 cm³/mol. The fraction of sp³-hybridized carbons (Fsp3) is 0.538. The highest BCUT2D eigenvalue weighted by Crippen LogP contribution is 2.37. The van der Waals surface area contributed by atoms with Crippen molar-refractivity contribution in [2.75, 3.05) is 0 Å². The molecule has 0 bridgehead atoms. The van der Waals surface area contributed by atoms with E-state index in [1.165, 1.54) is 30.2 Å². The minimum atomic E-state index is 0.479. The van der Waals surface area contributed by atoms with Crippen LogP contribution in [0.4, 0.5) is 0 Å². The van der Waals surface area contributed by atoms with Gasteiger partial charge in [-0.05, 0) is 46.7 Å². The summed E-state index contributed by atoms with van der Waals surface area (Å²) in [7, 11) is 0. The molecule has 3 rings (SSSR count). The third kappa shape index (κ3) is 3.34. The van der Waals surface area contributed by atoms with Crippen LogP contribution >= 0.6 is 11.8 Å². The van der Waals surface area contributed by atoms with Crippen LogP contribution in [0.25, 0.3) is 0 Å². The molecule has 1 fully saturated rings. The van der Waals surface area contributed by atoms with Gasteiger partial charge in [-0.3, -0.25) is 0 Å². The van der Waals surface area contributed by atoms with Gasteiger partial charge < -0.3 is 5.32 Å². The summed E-state index contributed by atoms with van der Waals surface area (Å²) in [5.41, 5.74) is 1.19. The minimum Gasteiger partial charge on any atom is -0.310 e. The van der Waals surface area contributed by atoms with Crippen molar-refractivity contribution < 1.29 is 0 Å². The topological polar surface area (TPSA) is 68.5 Å². The zero-order valence-electron chi connectivity index (χ0n) is 11.7. The van der Waals surface area contributed by atoms with E-state index in [0.717, 1.165) is 16.7 Å². The molecule has 0 spiro atoms. The minimum absolute atomic E-state index is 0.479. The maximum Gasteiger partial charge on any atom is 0.215 e. The number of aromatic nitrogens is 5. The summed E-state index contributed by atoms with van der Waals surface area (Å²) in [6.07, 6.45) is 4.25. The lowest BCUT2D eigenvalue weighted by atomic mass is 10.2. The molecule has 0 aromatic carbocycles. The Kier molecular flexibility index (Phi) is 3.98. The van der Waals surface area contributed by atoms with Crippen molar-refractivity contribution in [3.63, 3.8) is 0 Å². The first kappa shape index (κ1) is 13.5. The molecule has 7 heteroatoms. The molecule has 106 valence electrons. The van der Waals surface area contributed by atoms with Crippen molar-refractivity contribution >= 4 is 11.8 Å². The number of hydrogen-bond donors (Lipinski definition) is 1. The number of nitrogens with zero attached hydrogens (tertiary/aromatic N) is 5. The van der Waals surface area contributed by atoms with Crippen molar-refractivity contribution in [2.45, 2.75) is 55.5 Å². The first-order chi connectivity index (χ1) is 9.72. The highest BCUT2D eigenvalue weighted by Gasteiger charge is 2.28. The van der Waals surface area contributed by atoms with Gasteiger partial charge in [0.05, 0.1) is 6.04 Å².